The zero-order chi connectivity index (χ0) is 16.0. The van der Waals surface area contributed by atoms with E-state index >= 15 is 0 Å². The summed E-state index contributed by atoms with van der Waals surface area (Å²) in [5, 5.41) is 0. The molecule has 1 fully saturated rings. The Hall–Kier alpha value is -1.63. The molecule has 0 aromatic rings. The highest BCUT2D eigenvalue weighted by Gasteiger charge is 2.54. The minimum atomic E-state index is -1.36. The Morgan fingerprint density at radius 3 is 1.62 bits per heavy atom. The second-order valence-electron chi connectivity index (χ2n) is 5.00. The molecule has 7 heteroatoms. The van der Waals surface area contributed by atoms with Crippen molar-refractivity contribution in [3.8, 4) is 0 Å². The molecule has 1 aliphatic rings. The van der Waals surface area contributed by atoms with Gasteiger partial charge in [0.15, 0.2) is 0 Å². The van der Waals surface area contributed by atoms with Crippen LogP contribution in [0, 0.1) is 11.8 Å². The summed E-state index contributed by atoms with van der Waals surface area (Å²) in [7, 11) is 0. The molecule has 0 spiro atoms. The van der Waals surface area contributed by atoms with E-state index in [1.54, 1.807) is 20.8 Å². The van der Waals surface area contributed by atoms with E-state index < -0.39 is 35.3 Å². The van der Waals surface area contributed by atoms with Gasteiger partial charge in [-0.2, -0.15) is 0 Å². The second-order valence-corrected chi connectivity index (χ2v) is 5.00. The Kier molecular flexibility index (Phi) is 6.14. The first-order chi connectivity index (χ1) is 9.89. The second kappa shape index (κ2) is 7.40. The van der Waals surface area contributed by atoms with Gasteiger partial charge >= 0.3 is 17.9 Å². The highest BCUT2D eigenvalue weighted by Crippen LogP contribution is 2.40. The van der Waals surface area contributed by atoms with Gasteiger partial charge in [-0.25, -0.2) is 0 Å². The van der Waals surface area contributed by atoms with Gasteiger partial charge in [0.05, 0.1) is 31.7 Å². The van der Waals surface area contributed by atoms with Gasteiger partial charge in [0, 0.05) is 0 Å². The number of ether oxygens (including phenoxy) is 3. The molecule has 120 valence electrons. The smallest absolute Gasteiger partial charge is 0.326 e. The summed E-state index contributed by atoms with van der Waals surface area (Å²) in [4.78, 5) is 36.0. The van der Waals surface area contributed by atoms with Gasteiger partial charge in [0.25, 0.3) is 0 Å². The summed E-state index contributed by atoms with van der Waals surface area (Å²) in [5.74, 6) is -3.23. The number of carbonyl (C=O) groups is 3. The molecule has 21 heavy (non-hydrogen) atoms. The molecule has 0 heterocycles. The molecule has 0 radical (unpaired) electrons. The van der Waals surface area contributed by atoms with Gasteiger partial charge in [-0.15, -0.1) is 0 Å². The van der Waals surface area contributed by atoms with Crippen LogP contribution >= 0.6 is 0 Å². The fourth-order valence-electron chi connectivity index (χ4n) is 2.59. The molecule has 0 amide bonds. The van der Waals surface area contributed by atoms with Crippen LogP contribution in [-0.4, -0.2) is 43.3 Å². The van der Waals surface area contributed by atoms with Crippen molar-refractivity contribution in [3.63, 3.8) is 0 Å². The SMILES string of the molecule is CCOC(=O)[C@H]1CC(N)(C(=O)OCC)C[C@H]1C(=O)OCC. The molecule has 0 aliphatic heterocycles. The minimum absolute atomic E-state index is 0.0220. The van der Waals surface area contributed by atoms with Crippen LogP contribution in [0.15, 0.2) is 0 Å². The maximum atomic E-state index is 12.0. The molecular weight excluding hydrogens is 278 g/mol. The van der Waals surface area contributed by atoms with Crippen LogP contribution in [0.25, 0.3) is 0 Å². The van der Waals surface area contributed by atoms with E-state index in [1.165, 1.54) is 0 Å². The lowest BCUT2D eigenvalue weighted by molar-refractivity contribution is -0.158. The predicted octanol–water partition coefficient (Wildman–Crippen LogP) is 0.399. The third-order valence-electron chi connectivity index (χ3n) is 3.51. The average Bonchev–Trinajstić information content (AvgIpc) is 2.79. The zero-order valence-corrected chi connectivity index (χ0v) is 12.7. The molecule has 2 N–H and O–H groups in total. The monoisotopic (exact) mass is 301 g/mol. The van der Waals surface area contributed by atoms with Gasteiger partial charge in [0.2, 0.25) is 0 Å². The summed E-state index contributed by atoms with van der Waals surface area (Å²) < 4.78 is 14.9. The van der Waals surface area contributed by atoms with Crippen molar-refractivity contribution >= 4 is 17.9 Å². The van der Waals surface area contributed by atoms with Crippen LogP contribution in [0.2, 0.25) is 0 Å². The highest BCUT2D eigenvalue weighted by molar-refractivity contribution is 5.88. The maximum absolute atomic E-state index is 12.0. The highest BCUT2D eigenvalue weighted by atomic mass is 16.5. The molecule has 0 saturated heterocycles. The first kappa shape index (κ1) is 17.4. The molecule has 7 nitrogen and oxygen atoms in total. The normalized spacial score (nSPS) is 28.0. The Bertz CT molecular complexity index is 382. The summed E-state index contributed by atoms with van der Waals surface area (Å²) in [5.41, 5.74) is 4.69. The van der Waals surface area contributed by atoms with E-state index in [4.69, 9.17) is 19.9 Å². The molecule has 0 aromatic heterocycles. The Morgan fingerprint density at radius 2 is 1.29 bits per heavy atom. The van der Waals surface area contributed by atoms with Gasteiger partial charge in [-0.05, 0) is 33.6 Å². The van der Waals surface area contributed by atoms with Crippen molar-refractivity contribution in [2.24, 2.45) is 17.6 Å². The van der Waals surface area contributed by atoms with Crippen LogP contribution in [0.5, 0.6) is 0 Å². The topological polar surface area (TPSA) is 105 Å². The number of nitrogens with two attached hydrogens (primary N) is 1. The lowest BCUT2D eigenvalue weighted by atomic mass is 9.96. The summed E-state index contributed by atoms with van der Waals surface area (Å²) in [6, 6.07) is 0. The van der Waals surface area contributed by atoms with Crippen molar-refractivity contribution in [2.45, 2.75) is 39.2 Å². The molecule has 3 atom stereocenters. The molecular formula is C14H23NO6. The first-order valence-corrected chi connectivity index (χ1v) is 7.19. The van der Waals surface area contributed by atoms with Crippen LogP contribution in [0.4, 0.5) is 0 Å². The minimum Gasteiger partial charge on any atom is -0.466 e. The van der Waals surface area contributed by atoms with Crippen LogP contribution in [0.1, 0.15) is 33.6 Å². The fourth-order valence-corrected chi connectivity index (χ4v) is 2.59. The molecule has 1 rings (SSSR count). The summed E-state index contributed by atoms with van der Waals surface area (Å²) in [6.07, 6.45) is 0.0439. The van der Waals surface area contributed by atoms with Crippen LogP contribution in [0.3, 0.4) is 0 Å². The van der Waals surface area contributed by atoms with Gasteiger partial charge in [-0.1, -0.05) is 0 Å². The number of hydrogen-bond donors (Lipinski definition) is 1. The van der Waals surface area contributed by atoms with E-state index in [2.05, 4.69) is 0 Å². The maximum Gasteiger partial charge on any atom is 0.326 e. The average molecular weight is 301 g/mol. The number of rotatable bonds is 6. The standard InChI is InChI=1S/C14H23NO6/c1-4-19-11(16)9-7-14(15,13(18)21-6-3)8-10(9)12(17)20-5-2/h9-10H,4-8,15H2,1-3H3/t9-,10+,14?. The van der Waals surface area contributed by atoms with E-state index in [0.717, 1.165) is 0 Å². The predicted molar refractivity (Wildman–Crippen MR) is 73.0 cm³/mol. The van der Waals surface area contributed by atoms with Crippen molar-refractivity contribution in [1.29, 1.82) is 0 Å². The molecule has 1 aliphatic carbocycles. The molecule has 1 unspecified atom stereocenters. The van der Waals surface area contributed by atoms with Crippen molar-refractivity contribution in [1.82, 2.24) is 0 Å². The largest absolute Gasteiger partial charge is 0.466 e. The Labute approximate surface area is 124 Å². The van der Waals surface area contributed by atoms with Gasteiger partial charge in [-0.3, -0.25) is 14.4 Å². The van der Waals surface area contributed by atoms with Gasteiger partial charge < -0.3 is 19.9 Å². The number of carbonyl (C=O) groups excluding carboxylic acids is 3. The van der Waals surface area contributed by atoms with E-state index in [-0.39, 0.29) is 32.7 Å². The summed E-state index contributed by atoms with van der Waals surface area (Å²) in [6.45, 7) is 5.60. The molecule has 1 saturated carbocycles. The van der Waals surface area contributed by atoms with Crippen molar-refractivity contribution in [3.05, 3.63) is 0 Å². The third-order valence-corrected chi connectivity index (χ3v) is 3.51. The van der Waals surface area contributed by atoms with E-state index in [0.29, 0.717) is 0 Å². The molecule has 0 bridgehead atoms. The van der Waals surface area contributed by atoms with Crippen molar-refractivity contribution in [2.75, 3.05) is 19.8 Å². The fraction of sp³-hybridized carbons (Fsp3) is 0.786. The zero-order valence-electron chi connectivity index (χ0n) is 12.7. The van der Waals surface area contributed by atoms with E-state index in [9.17, 15) is 14.4 Å². The van der Waals surface area contributed by atoms with Crippen LogP contribution < -0.4 is 5.73 Å². The summed E-state index contributed by atoms with van der Waals surface area (Å²) >= 11 is 0. The number of esters is 3. The number of hydrogen-bond acceptors (Lipinski definition) is 7. The first-order valence-electron chi connectivity index (χ1n) is 7.19. The van der Waals surface area contributed by atoms with Crippen LogP contribution in [-0.2, 0) is 28.6 Å². The lowest BCUT2D eigenvalue weighted by Gasteiger charge is -2.21. The Morgan fingerprint density at radius 1 is 0.905 bits per heavy atom. The lowest BCUT2D eigenvalue weighted by Crippen LogP contribution is -2.47. The quantitative estimate of drug-likeness (QED) is 0.559. The van der Waals surface area contributed by atoms with Crippen molar-refractivity contribution < 1.29 is 28.6 Å². The van der Waals surface area contributed by atoms with E-state index in [1.807, 2.05) is 0 Å². The molecule has 0 aromatic carbocycles. The van der Waals surface area contributed by atoms with Gasteiger partial charge in [0.1, 0.15) is 5.54 Å². The third kappa shape index (κ3) is 3.93. The Balaban J connectivity index is 2.95.